The van der Waals surface area contributed by atoms with Crippen LogP contribution >= 0.6 is 11.3 Å². The van der Waals surface area contributed by atoms with Crippen molar-refractivity contribution in [3.8, 4) is 0 Å². The second kappa shape index (κ2) is 6.32. The summed E-state index contributed by atoms with van der Waals surface area (Å²) in [6.45, 7) is 0.655. The fraction of sp³-hybridized carbons (Fsp3) is 0.294. The number of carbonyl (C=O) groups excluding carboxylic acids is 1. The van der Waals surface area contributed by atoms with Crippen LogP contribution in [0.1, 0.15) is 43.7 Å². The van der Waals surface area contributed by atoms with Gasteiger partial charge in [-0.05, 0) is 42.4 Å². The minimum atomic E-state index is -0.992. The van der Waals surface area contributed by atoms with Crippen molar-refractivity contribution in [2.75, 3.05) is 6.54 Å². The molecular weight excluding hydrogens is 298 g/mol. The molecule has 0 aliphatic heterocycles. The minimum Gasteiger partial charge on any atom is -0.477 e. The summed E-state index contributed by atoms with van der Waals surface area (Å²) >= 11 is 1.01. The van der Waals surface area contributed by atoms with Gasteiger partial charge in [-0.25, -0.2) is 4.79 Å². The summed E-state index contributed by atoms with van der Waals surface area (Å²) < 4.78 is 0. The highest BCUT2D eigenvalue weighted by molar-refractivity contribution is 7.15. The number of hydrogen-bond donors (Lipinski definition) is 2. The number of nitrogens with one attached hydrogen (secondary N) is 1. The van der Waals surface area contributed by atoms with Gasteiger partial charge in [0.05, 0.1) is 4.88 Å². The van der Waals surface area contributed by atoms with Gasteiger partial charge in [0.2, 0.25) is 0 Å². The van der Waals surface area contributed by atoms with E-state index in [0.717, 1.165) is 24.2 Å². The van der Waals surface area contributed by atoms with Crippen LogP contribution in [0, 0.1) is 5.92 Å². The van der Waals surface area contributed by atoms with Gasteiger partial charge in [-0.15, -0.1) is 11.3 Å². The molecule has 1 fully saturated rings. The molecule has 0 spiro atoms. The van der Waals surface area contributed by atoms with Gasteiger partial charge in [0.15, 0.2) is 0 Å². The molecule has 5 heteroatoms. The Balaban J connectivity index is 1.46. The van der Waals surface area contributed by atoms with Crippen LogP contribution in [0.25, 0.3) is 0 Å². The van der Waals surface area contributed by atoms with Crippen LogP contribution in [0.3, 0.4) is 0 Å². The molecule has 0 unspecified atom stereocenters. The molecule has 1 aliphatic carbocycles. The van der Waals surface area contributed by atoms with Crippen LogP contribution in [-0.4, -0.2) is 23.5 Å². The van der Waals surface area contributed by atoms with E-state index in [1.54, 1.807) is 6.07 Å². The maximum atomic E-state index is 12.0. The zero-order chi connectivity index (χ0) is 15.5. The van der Waals surface area contributed by atoms with E-state index in [2.05, 4.69) is 29.6 Å². The summed E-state index contributed by atoms with van der Waals surface area (Å²) in [5, 5.41) is 11.8. The van der Waals surface area contributed by atoms with Gasteiger partial charge in [0, 0.05) is 6.54 Å². The first-order valence-corrected chi connectivity index (χ1v) is 8.11. The number of carboxylic acid groups (broad SMARTS) is 1. The lowest BCUT2D eigenvalue weighted by molar-refractivity contribution is 0.0702. The van der Waals surface area contributed by atoms with Crippen molar-refractivity contribution in [3.05, 3.63) is 57.8 Å². The smallest absolute Gasteiger partial charge is 0.345 e. The molecule has 0 saturated heterocycles. The zero-order valence-corrected chi connectivity index (χ0v) is 12.8. The number of thiophene rings is 1. The van der Waals surface area contributed by atoms with E-state index < -0.39 is 5.97 Å². The Hall–Kier alpha value is -2.14. The normalized spacial score (nSPS) is 20.2. The lowest BCUT2D eigenvalue weighted by Crippen LogP contribution is -2.35. The molecule has 0 radical (unpaired) electrons. The predicted molar refractivity (Wildman–Crippen MR) is 85.5 cm³/mol. The topological polar surface area (TPSA) is 66.4 Å². The Morgan fingerprint density at radius 3 is 2.41 bits per heavy atom. The van der Waals surface area contributed by atoms with Crippen molar-refractivity contribution < 1.29 is 14.7 Å². The first kappa shape index (κ1) is 14.8. The maximum Gasteiger partial charge on any atom is 0.345 e. The summed E-state index contributed by atoms with van der Waals surface area (Å²) in [5.74, 6) is -0.0640. The molecule has 0 bridgehead atoms. The number of rotatable bonds is 5. The van der Waals surface area contributed by atoms with Gasteiger partial charge < -0.3 is 10.4 Å². The molecule has 1 aromatic carbocycles. The lowest BCUT2D eigenvalue weighted by atomic mass is 9.71. The Morgan fingerprint density at radius 1 is 1.09 bits per heavy atom. The number of aromatic carboxylic acids is 1. The molecule has 1 heterocycles. The van der Waals surface area contributed by atoms with Crippen molar-refractivity contribution in [2.45, 2.75) is 18.8 Å². The monoisotopic (exact) mass is 315 g/mol. The summed E-state index contributed by atoms with van der Waals surface area (Å²) in [6, 6.07) is 13.5. The standard InChI is InChI=1S/C17H17NO3S/c19-16(14-6-7-15(22-14)17(20)21)18-10-11-8-13(9-11)12-4-2-1-3-5-12/h1-7,11,13H,8-10H2,(H,18,19)(H,20,21). The Morgan fingerprint density at radius 2 is 1.77 bits per heavy atom. The number of carboxylic acids is 1. The summed E-state index contributed by atoms with van der Waals surface area (Å²) in [7, 11) is 0. The van der Waals surface area contributed by atoms with E-state index in [1.165, 1.54) is 11.6 Å². The van der Waals surface area contributed by atoms with Crippen molar-refractivity contribution in [3.63, 3.8) is 0 Å². The van der Waals surface area contributed by atoms with Crippen LogP contribution in [0.5, 0.6) is 0 Å². The summed E-state index contributed by atoms with van der Waals surface area (Å²) in [5.41, 5.74) is 1.37. The van der Waals surface area contributed by atoms with Crippen LogP contribution < -0.4 is 5.32 Å². The molecule has 2 aromatic rings. The van der Waals surface area contributed by atoms with E-state index in [-0.39, 0.29) is 10.8 Å². The van der Waals surface area contributed by atoms with E-state index in [0.29, 0.717) is 23.3 Å². The van der Waals surface area contributed by atoms with Crippen molar-refractivity contribution in [1.82, 2.24) is 5.32 Å². The quantitative estimate of drug-likeness (QED) is 0.889. The molecule has 0 atom stereocenters. The fourth-order valence-electron chi connectivity index (χ4n) is 2.80. The number of hydrogen-bond acceptors (Lipinski definition) is 3. The van der Waals surface area contributed by atoms with Gasteiger partial charge in [0.25, 0.3) is 5.91 Å². The second-order valence-electron chi connectivity index (χ2n) is 5.62. The highest BCUT2D eigenvalue weighted by Crippen LogP contribution is 2.41. The van der Waals surface area contributed by atoms with Gasteiger partial charge in [0.1, 0.15) is 4.88 Å². The van der Waals surface area contributed by atoms with Gasteiger partial charge >= 0.3 is 5.97 Å². The average molecular weight is 315 g/mol. The average Bonchev–Trinajstić information content (AvgIpc) is 2.96. The van der Waals surface area contributed by atoms with Crippen LogP contribution in [0.2, 0.25) is 0 Å². The minimum absolute atomic E-state index is 0.180. The van der Waals surface area contributed by atoms with Gasteiger partial charge in [-0.1, -0.05) is 30.3 Å². The van der Waals surface area contributed by atoms with Crippen LogP contribution in [0.4, 0.5) is 0 Å². The molecule has 114 valence electrons. The van der Waals surface area contributed by atoms with Crippen LogP contribution in [-0.2, 0) is 0 Å². The second-order valence-corrected chi connectivity index (χ2v) is 6.71. The third kappa shape index (κ3) is 3.20. The van der Waals surface area contributed by atoms with E-state index in [9.17, 15) is 9.59 Å². The molecule has 22 heavy (non-hydrogen) atoms. The van der Waals surface area contributed by atoms with Gasteiger partial charge in [-0.3, -0.25) is 4.79 Å². The SMILES string of the molecule is O=C(O)c1ccc(C(=O)NCC2CC(c3ccccc3)C2)s1. The summed E-state index contributed by atoms with van der Waals surface area (Å²) in [6.07, 6.45) is 2.18. The number of amides is 1. The van der Waals surface area contributed by atoms with Gasteiger partial charge in [-0.2, -0.15) is 0 Å². The van der Waals surface area contributed by atoms with Crippen molar-refractivity contribution >= 4 is 23.2 Å². The van der Waals surface area contributed by atoms with E-state index >= 15 is 0 Å². The molecule has 1 amide bonds. The molecule has 2 N–H and O–H groups in total. The largest absolute Gasteiger partial charge is 0.477 e. The first-order valence-electron chi connectivity index (χ1n) is 7.29. The number of benzene rings is 1. The lowest BCUT2D eigenvalue weighted by Gasteiger charge is -2.35. The number of carbonyl (C=O) groups is 2. The third-order valence-electron chi connectivity index (χ3n) is 4.10. The maximum absolute atomic E-state index is 12.0. The Bertz CT molecular complexity index is 674. The van der Waals surface area contributed by atoms with Crippen LogP contribution in [0.15, 0.2) is 42.5 Å². The molecular formula is C17H17NO3S. The Labute approximate surface area is 132 Å². The Kier molecular flexibility index (Phi) is 4.24. The molecule has 4 nitrogen and oxygen atoms in total. The molecule has 1 saturated carbocycles. The highest BCUT2D eigenvalue weighted by atomic mass is 32.1. The van der Waals surface area contributed by atoms with Crippen molar-refractivity contribution in [2.24, 2.45) is 5.92 Å². The predicted octanol–water partition coefficient (Wildman–Crippen LogP) is 3.37. The zero-order valence-electron chi connectivity index (χ0n) is 12.0. The fourth-order valence-corrected chi connectivity index (χ4v) is 3.56. The first-order chi connectivity index (χ1) is 10.6. The molecule has 3 rings (SSSR count). The molecule has 1 aliphatic rings. The molecule has 1 aromatic heterocycles. The van der Waals surface area contributed by atoms with E-state index in [4.69, 9.17) is 5.11 Å². The third-order valence-corrected chi connectivity index (χ3v) is 5.17. The van der Waals surface area contributed by atoms with E-state index in [1.807, 2.05) is 6.07 Å². The highest BCUT2D eigenvalue weighted by Gasteiger charge is 2.30. The summed E-state index contributed by atoms with van der Waals surface area (Å²) in [4.78, 5) is 23.4. The van der Waals surface area contributed by atoms with Crippen molar-refractivity contribution in [1.29, 1.82) is 0 Å².